The van der Waals surface area contributed by atoms with Gasteiger partial charge in [0.25, 0.3) is 0 Å². The Morgan fingerprint density at radius 3 is 3.09 bits per heavy atom. The second kappa shape index (κ2) is 3.09. The van der Waals surface area contributed by atoms with Crippen LogP contribution in [0.1, 0.15) is 17.0 Å². The third kappa shape index (κ3) is 1.52. The Morgan fingerprint density at radius 1 is 1.91 bits per heavy atom. The fourth-order valence-electron chi connectivity index (χ4n) is 0.771. The van der Waals surface area contributed by atoms with Crippen molar-refractivity contribution < 1.29 is 4.79 Å². The topological polar surface area (TPSA) is 47.8 Å². The van der Waals surface area contributed by atoms with Crippen molar-refractivity contribution in [2.75, 3.05) is 0 Å². The van der Waals surface area contributed by atoms with E-state index in [-0.39, 0.29) is 5.78 Å². The molecular formula is C7H9N3O. The van der Waals surface area contributed by atoms with E-state index < -0.39 is 0 Å². The number of carbonyl (C=O) groups excluding carboxylic acids is 1. The molecule has 0 saturated carbocycles. The molecule has 0 fully saturated rings. The summed E-state index contributed by atoms with van der Waals surface area (Å²) in [7, 11) is 1.68. The highest BCUT2D eigenvalue weighted by atomic mass is 16.1. The van der Waals surface area contributed by atoms with Crippen LogP contribution in [-0.2, 0) is 7.05 Å². The Balaban J connectivity index is 2.83. The number of rotatable bonds is 3. The number of carbonyl (C=O) groups is 1. The van der Waals surface area contributed by atoms with Crippen LogP contribution in [0.2, 0.25) is 0 Å². The molecule has 1 rings (SSSR count). The minimum absolute atomic E-state index is 0.0556. The summed E-state index contributed by atoms with van der Waals surface area (Å²) < 4.78 is 1.45. The Kier molecular flexibility index (Phi) is 2.15. The summed E-state index contributed by atoms with van der Waals surface area (Å²) in [5, 5.41) is 3.77. The van der Waals surface area contributed by atoms with Gasteiger partial charge in [-0.1, -0.05) is 6.08 Å². The zero-order chi connectivity index (χ0) is 8.27. The first-order chi connectivity index (χ1) is 5.25. The van der Waals surface area contributed by atoms with Crippen molar-refractivity contribution in [1.29, 1.82) is 0 Å². The second-order valence-corrected chi connectivity index (χ2v) is 2.12. The zero-order valence-electron chi connectivity index (χ0n) is 6.32. The predicted octanol–water partition coefficient (Wildman–Crippen LogP) is 0.574. The largest absolute Gasteiger partial charge is 0.290 e. The SMILES string of the molecule is C=CCC(=O)c1ncnn1C. The second-order valence-electron chi connectivity index (χ2n) is 2.12. The fraction of sp³-hybridized carbons (Fsp3) is 0.286. The number of aryl methyl sites for hydroxylation is 1. The predicted molar refractivity (Wildman–Crippen MR) is 40.1 cm³/mol. The van der Waals surface area contributed by atoms with Crippen molar-refractivity contribution in [3.05, 3.63) is 24.8 Å². The lowest BCUT2D eigenvalue weighted by Crippen LogP contribution is -2.07. The number of hydrogen-bond acceptors (Lipinski definition) is 3. The molecule has 11 heavy (non-hydrogen) atoms. The van der Waals surface area contributed by atoms with Gasteiger partial charge in [-0.15, -0.1) is 6.58 Å². The van der Waals surface area contributed by atoms with E-state index in [0.717, 1.165) is 0 Å². The standard InChI is InChI=1S/C7H9N3O/c1-3-4-6(11)7-8-5-9-10(7)2/h3,5H,1,4H2,2H3. The molecule has 1 heterocycles. The van der Waals surface area contributed by atoms with E-state index in [4.69, 9.17) is 0 Å². The Bertz CT molecular complexity index is 277. The first-order valence-corrected chi connectivity index (χ1v) is 3.23. The number of Topliss-reactive ketones (excluding diaryl/α,β-unsaturated/α-hetero) is 1. The smallest absolute Gasteiger partial charge is 0.203 e. The van der Waals surface area contributed by atoms with Crippen LogP contribution in [0, 0.1) is 0 Å². The molecule has 58 valence electrons. The van der Waals surface area contributed by atoms with E-state index in [9.17, 15) is 4.79 Å². The molecule has 0 aliphatic heterocycles. The van der Waals surface area contributed by atoms with Crippen LogP contribution in [0.25, 0.3) is 0 Å². The van der Waals surface area contributed by atoms with Crippen LogP contribution >= 0.6 is 0 Å². The van der Waals surface area contributed by atoms with Gasteiger partial charge in [-0.2, -0.15) is 5.10 Å². The third-order valence-corrected chi connectivity index (χ3v) is 1.29. The summed E-state index contributed by atoms with van der Waals surface area (Å²) in [6, 6.07) is 0. The molecule has 0 spiro atoms. The molecular weight excluding hydrogens is 142 g/mol. The van der Waals surface area contributed by atoms with Crippen LogP contribution < -0.4 is 0 Å². The van der Waals surface area contributed by atoms with E-state index in [1.165, 1.54) is 11.0 Å². The van der Waals surface area contributed by atoms with Gasteiger partial charge in [0.15, 0.2) is 5.82 Å². The molecule has 0 saturated heterocycles. The molecule has 0 aliphatic rings. The molecule has 1 aromatic rings. The molecule has 0 aromatic carbocycles. The monoisotopic (exact) mass is 151 g/mol. The van der Waals surface area contributed by atoms with Crippen molar-refractivity contribution in [1.82, 2.24) is 14.8 Å². The average molecular weight is 151 g/mol. The van der Waals surface area contributed by atoms with E-state index in [1.54, 1.807) is 13.1 Å². The van der Waals surface area contributed by atoms with Gasteiger partial charge in [0, 0.05) is 13.5 Å². The van der Waals surface area contributed by atoms with Gasteiger partial charge in [-0.25, -0.2) is 9.67 Å². The summed E-state index contributed by atoms with van der Waals surface area (Å²) in [6.07, 6.45) is 3.22. The molecule has 0 unspecified atom stereocenters. The number of nitrogens with zero attached hydrogens (tertiary/aromatic N) is 3. The lowest BCUT2D eigenvalue weighted by atomic mass is 10.3. The van der Waals surface area contributed by atoms with Crippen molar-refractivity contribution in [3.63, 3.8) is 0 Å². The zero-order valence-corrected chi connectivity index (χ0v) is 6.32. The van der Waals surface area contributed by atoms with Gasteiger partial charge in [-0.05, 0) is 0 Å². The fourth-order valence-corrected chi connectivity index (χ4v) is 0.771. The minimum atomic E-state index is -0.0556. The van der Waals surface area contributed by atoms with Crippen LogP contribution in [-0.4, -0.2) is 20.5 Å². The minimum Gasteiger partial charge on any atom is -0.290 e. The third-order valence-electron chi connectivity index (χ3n) is 1.29. The Morgan fingerprint density at radius 2 is 2.64 bits per heavy atom. The Labute approximate surface area is 64.6 Å². The lowest BCUT2D eigenvalue weighted by Gasteiger charge is -1.94. The highest BCUT2D eigenvalue weighted by Crippen LogP contribution is 1.96. The van der Waals surface area contributed by atoms with Crippen molar-refractivity contribution in [3.8, 4) is 0 Å². The van der Waals surface area contributed by atoms with Crippen LogP contribution in [0.5, 0.6) is 0 Å². The van der Waals surface area contributed by atoms with E-state index in [1.807, 2.05) is 0 Å². The molecule has 0 atom stereocenters. The van der Waals surface area contributed by atoms with Crippen LogP contribution in [0.4, 0.5) is 0 Å². The number of ketones is 1. The van der Waals surface area contributed by atoms with Gasteiger partial charge >= 0.3 is 0 Å². The van der Waals surface area contributed by atoms with Crippen molar-refractivity contribution in [2.24, 2.45) is 7.05 Å². The van der Waals surface area contributed by atoms with E-state index in [2.05, 4.69) is 16.7 Å². The summed E-state index contributed by atoms with van der Waals surface area (Å²) >= 11 is 0. The number of allylic oxidation sites excluding steroid dienone is 1. The maximum Gasteiger partial charge on any atom is 0.203 e. The number of hydrogen-bond donors (Lipinski definition) is 0. The normalized spacial score (nSPS) is 9.55. The molecule has 0 N–H and O–H groups in total. The summed E-state index contributed by atoms with van der Waals surface area (Å²) in [6.45, 7) is 3.46. The lowest BCUT2D eigenvalue weighted by molar-refractivity contribution is 0.0982. The maximum atomic E-state index is 11.1. The quantitative estimate of drug-likeness (QED) is 0.468. The Hall–Kier alpha value is -1.45. The summed E-state index contributed by atoms with van der Waals surface area (Å²) in [4.78, 5) is 14.9. The first kappa shape index (κ1) is 7.65. The van der Waals surface area contributed by atoms with Gasteiger partial charge in [0.1, 0.15) is 6.33 Å². The van der Waals surface area contributed by atoms with E-state index >= 15 is 0 Å². The molecule has 0 aliphatic carbocycles. The highest BCUT2D eigenvalue weighted by molar-refractivity contribution is 5.93. The molecule has 0 bridgehead atoms. The number of aromatic nitrogens is 3. The molecule has 4 nitrogen and oxygen atoms in total. The first-order valence-electron chi connectivity index (χ1n) is 3.23. The van der Waals surface area contributed by atoms with Gasteiger partial charge in [-0.3, -0.25) is 4.79 Å². The van der Waals surface area contributed by atoms with Gasteiger partial charge in [0.2, 0.25) is 5.78 Å². The van der Waals surface area contributed by atoms with Gasteiger partial charge < -0.3 is 0 Å². The summed E-state index contributed by atoms with van der Waals surface area (Å²) in [5.74, 6) is 0.324. The highest BCUT2D eigenvalue weighted by Gasteiger charge is 2.08. The van der Waals surface area contributed by atoms with Crippen LogP contribution in [0.15, 0.2) is 19.0 Å². The maximum absolute atomic E-state index is 11.1. The van der Waals surface area contributed by atoms with Crippen molar-refractivity contribution in [2.45, 2.75) is 6.42 Å². The average Bonchev–Trinajstić information content (AvgIpc) is 2.36. The van der Waals surface area contributed by atoms with E-state index in [0.29, 0.717) is 12.2 Å². The van der Waals surface area contributed by atoms with Gasteiger partial charge in [0.05, 0.1) is 0 Å². The molecule has 4 heteroatoms. The molecule has 0 radical (unpaired) electrons. The van der Waals surface area contributed by atoms with Crippen molar-refractivity contribution >= 4 is 5.78 Å². The molecule has 0 amide bonds. The summed E-state index contributed by atoms with van der Waals surface area (Å²) in [5.41, 5.74) is 0. The van der Waals surface area contributed by atoms with Crippen LogP contribution in [0.3, 0.4) is 0 Å². The molecule has 1 aromatic heterocycles.